The Morgan fingerprint density at radius 2 is 2.24 bits per heavy atom. The zero-order valence-corrected chi connectivity index (χ0v) is 13.9. The Morgan fingerprint density at radius 3 is 3.00 bits per heavy atom. The lowest BCUT2D eigenvalue weighted by atomic mass is 10.1. The summed E-state index contributed by atoms with van der Waals surface area (Å²) in [6, 6.07) is 6.53. The summed E-state index contributed by atoms with van der Waals surface area (Å²) in [5, 5.41) is 4.76. The van der Waals surface area contributed by atoms with Crippen LogP contribution in [-0.4, -0.2) is 32.4 Å². The van der Waals surface area contributed by atoms with Gasteiger partial charge in [0.1, 0.15) is 11.3 Å². The molecule has 3 N–H and O–H groups in total. The molecule has 0 aliphatic carbocycles. The third-order valence-electron chi connectivity index (χ3n) is 3.83. The summed E-state index contributed by atoms with van der Waals surface area (Å²) in [6.07, 6.45) is 3.95. The zero-order valence-electron chi connectivity index (χ0n) is 13.0. The van der Waals surface area contributed by atoms with Crippen LogP contribution in [-0.2, 0) is 6.42 Å². The van der Waals surface area contributed by atoms with Crippen LogP contribution in [0.1, 0.15) is 16.1 Å². The van der Waals surface area contributed by atoms with Crippen molar-refractivity contribution >= 4 is 28.3 Å². The van der Waals surface area contributed by atoms with E-state index in [0.717, 1.165) is 10.6 Å². The summed E-state index contributed by atoms with van der Waals surface area (Å²) in [5.74, 6) is -0.171. The topological polar surface area (TPSA) is 86.5 Å². The van der Waals surface area contributed by atoms with Crippen molar-refractivity contribution in [3.63, 3.8) is 0 Å². The van der Waals surface area contributed by atoms with Gasteiger partial charge in [0.25, 0.3) is 5.91 Å². The number of carbonyl (C=O) groups is 1. The highest BCUT2D eigenvalue weighted by molar-refractivity contribution is 7.13. The summed E-state index contributed by atoms with van der Waals surface area (Å²) in [5.41, 5.74) is 1.88. The normalized spacial score (nSPS) is 11.1. The van der Waals surface area contributed by atoms with Crippen molar-refractivity contribution in [1.82, 2.24) is 25.3 Å². The molecule has 0 saturated carbocycles. The average molecular weight is 355 g/mol. The predicted octanol–water partition coefficient (Wildman–Crippen LogP) is 3.13. The van der Waals surface area contributed by atoms with Gasteiger partial charge < -0.3 is 15.3 Å². The van der Waals surface area contributed by atoms with Gasteiger partial charge in [-0.05, 0) is 23.6 Å². The van der Waals surface area contributed by atoms with Gasteiger partial charge in [0.05, 0.1) is 22.3 Å². The number of H-pyrrole nitrogens is 2. The maximum absolute atomic E-state index is 14.1. The number of nitrogens with zero attached hydrogens (tertiary/aromatic N) is 2. The molecule has 4 aromatic rings. The van der Waals surface area contributed by atoms with E-state index in [2.05, 4.69) is 25.3 Å². The summed E-state index contributed by atoms with van der Waals surface area (Å²) >= 11 is 1.50. The molecule has 25 heavy (non-hydrogen) atoms. The van der Waals surface area contributed by atoms with Crippen molar-refractivity contribution in [2.24, 2.45) is 0 Å². The Kier molecular flexibility index (Phi) is 4.02. The first-order valence-corrected chi connectivity index (χ1v) is 8.58. The molecule has 126 valence electrons. The highest BCUT2D eigenvalue weighted by Gasteiger charge is 2.17. The van der Waals surface area contributed by atoms with E-state index in [-0.39, 0.29) is 11.4 Å². The average Bonchev–Trinajstić information content (AvgIpc) is 3.35. The summed E-state index contributed by atoms with van der Waals surface area (Å²) in [7, 11) is 0. The smallest absolute Gasteiger partial charge is 0.253 e. The fourth-order valence-corrected chi connectivity index (χ4v) is 3.28. The lowest BCUT2D eigenvalue weighted by Gasteiger charge is -2.05. The van der Waals surface area contributed by atoms with E-state index in [4.69, 9.17) is 0 Å². The van der Waals surface area contributed by atoms with E-state index >= 15 is 0 Å². The van der Waals surface area contributed by atoms with E-state index in [9.17, 15) is 9.18 Å². The second kappa shape index (κ2) is 6.48. The lowest BCUT2D eigenvalue weighted by molar-refractivity contribution is 0.0955. The number of carbonyl (C=O) groups excluding carboxylic acids is 1. The van der Waals surface area contributed by atoms with Crippen LogP contribution in [0.2, 0.25) is 0 Å². The highest BCUT2D eigenvalue weighted by Crippen LogP contribution is 2.27. The molecule has 0 atom stereocenters. The standard InChI is InChI=1S/C17H14FN5OS/c18-12-4-3-11(17(24)20-6-5-10-8-19-9-21-10)14-15(12)23-16(22-14)13-2-1-7-25-13/h1-4,7-9H,5-6H2,(H,19,21)(H,20,24)(H,22,23). The largest absolute Gasteiger partial charge is 0.352 e. The number of nitrogens with one attached hydrogen (secondary N) is 3. The number of aromatic nitrogens is 4. The first-order chi connectivity index (χ1) is 12.2. The quantitative estimate of drug-likeness (QED) is 0.514. The SMILES string of the molecule is O=C(NCCc1cnc[nH]1)c1ccc(F)c2nc(-c3cccs3)[nH]c12. The number of aromatic amines is 2. The van der Waals surface area contributed by atoms with Gasteiger partial charge in [0.15, 0.2) is 5.82 Å². The van der Waals surface area contributed by atoms with E-state index in [1.807, 2.05) is 17.5 Å². The Hall–Kier alpha value is -3.00. The van der Waals surface area contributed by atoms with Gasteiger partial charge in [-0.25, -0.2) is 14.4 Å². The number of fused-ring (bicyclic) bond motifs is 1. The van der Waals surface area contributed by atoms with Crippen LogP contribution < -0.4 is 5.32 Å². The van der Waals surface area contributed by atoms with Gasteiger partial charge in [-0.3, -0.25) is 4.79 Å². The van der Waals surface area contributed by atoms with Gasteiger partial charge in [-0.1, -0.05) is 6.07 Å². The second-order valence-electron chi connectivity index (χ2n) is 5.46. The van der Waals surface area contributed by atoms with Crippen LogP contribution in [0, 0.1) is 5.82 Å². The number of amides is 1. The Labute approximate surface area is 146 Å². The van der Waals surface area contributed by atoms with Crippen molar-refractivity contribution < 1.29 is 9.18 Å². The van der Waals surface area contributed by atoms with Gasteiger partial charge in [-0.2, -0.15) is 0 Å². The minimum absolute atomic E-state index is 0.171. The molecule has 0 radical (unpaired) electrons. The van der Waals surface area contributed by atoms with Crippen LogP contribution in [0.3, 0.4) is 0 Å². The number of halogens is 1. The van der Waals surface area contributed by atoms with Gasteiger partial charge >= 0.3 is 0 Å². The van der Waals surface area contributed by atoms with E-state index < -0.39 is 5.82 Å². The third kappa shape index (κ3) is 3.03. The Balaban J connectivity index is 1.60. The van der Waals surface area contributed by atoms with Gasteiger partial charge in [0.2, 0.25) is 0 Å². The summed E-state index contributed by atoms with van der Waals surface area (Å²) in [6.45, 7) is 0.450. The van der Waals surface area contributed by atoms with Gasteiger partial charge in [-0.15, -0.1) is 11.3 Å². The monoisotopic (exact) mass is 355 g/mol. The van der Waals surface area contributed by atoms with E-state index in [0.29, 0.717) is 29.9 Å². The molecule has 6 nitrogen and oxygen atoms in total. The second-order valence-corrected chi connectivity index (χ2v) is 6.41. The minimum atomic E-state index is -0.455. The van der Waals surface area contributed by atoms with Crippen LogP contribution in [0.4, 0.5) is 4.39 Å². The molecular weight excluding hydrogens is 341 g/mol. The number of thiophene rings is 1. The van der Waals surface area contributed by atoms with Crippen LogP contribution in [0.25, 0.3) is 21.7 Å². The molecule has 0 aliphatic rings. The summed E-state index contributed by atoms with van der Waals surface area (Å²) in [4.78, 5) is 27.7. The molecule has 0 saturated heterocycles. The first kappa shape index (κ1) is 15.5. The lowest BCUT2D eigenvalue weighted by Crippen LogP contribution is -2.26. The number of benzene rings is 1. The molecule has 3 heterocycles. The molecule has 8 heteroatoms. The Bertz CT molecular complexity index is 1010. The molecular formula is C17H14FN5OS. The maximum atomic E-state index is 14.1. The molecule has 0 bridgehead atoms. The van der Waals surface area contributed by atoms with Crippen molar-refractivity contribution in [3.05, 3.63) is 59.2 Å². The van der Waals surface area contributed by atoms with Crippen molar-refractivity contribution in [1.29, 1.82) is 0 Å². The van der Waals surface area contributed by atoms with Crippen molar-refractivity contribution in [3.8, 4) is 10.7 Å². The number of imidazole rings is 2. The fourth-order valence-electron chi connectivity index (χ4n) is 2.61. The highest BCUT2D eigenvalue weighted by atomic mass is 32.1. The predicted molar refractivity (Wildman–Crippen MR) is 94.0 cm³/mol. The minimum Gasteiger partial charge on any atom is -0.352 e. The van der Waals surface area contributed by atoms with Crippen LogP contribution in [0.15, 0.2) is 42.2 Å². The molecule has 0 spiro atoms. The maximum Gasteiger partial charge on any atom is 0.253 e. The molecule has 0 fully saturated rings. The van der Waals surface area contributed by atoms with Crippen molar-refractivity contribution in [2.45, 2.75) is 6.42 Å². The molecule has 1 aromatic carbocycles. The number of hydrogen-bond donors (Lipinski definition) is 3. The Morgan fingerprint density at radius 1 is 1.32 bits per heavy atom. The molecule has 3 aromatic heterocycles. The third-order valence-corrected chi connectivity index (χ3v) is 4.71. The van der Waals surface area contributed by atoms with Gasteiger partial charge in [0, 0.05) is 24.9 Å². The summed E-state index contributed by atoms with van der Waals surface area (Å²) < 4.78 is 14.1. The molecule has 4 rings (SSSR count). The molecule has 0 aliphatic heterocycles. The number of rotatable bonds is 5. The van der Waals surface area contributed by atoms with Crippen LogP contribution in [0.5, 0.6) is 0 Å². The number of hydrogen-bond acceptors (Lipinski definition) is 4. The fraction of sp³-hybridized carbons (Fsp3) is 0.118. The van der Waals surface area contributed by atoms with Crippen molar-refractivity contribution in [2.75, 3.05) is 6.54 Å². The molecule has 1 amide bonds. The zero-order chi connectivity index (χ0) is 17.2. The van der Waals surface area contributed by atoms with E-state index in [1.165, 1.54) is 23.5 Å². The first-order valence-electron chi connectivity index (χ1n) is 7.70. The van der Waals surface area contributed by atoms with Crippen LogP contribution >= 0.6 is 11.3 Å². The van der Waals surface area contributed by atoms with E-state index in [1.54, 1.807) is 12.5 Å². The molecule has 0 unspecified atom stereocenters.